The zero-order valence-electron chi connectivity index (χ0n) is 13.3. The van der Waals surface area contributed by atoms with E-state index >= 15 is 0 Å². The van der Waals surface area contributed by atoms with Crippen molar-refractivity contribution < 1.29 is 0 Å². The predicted octanol–water partition coefficient (Wildman–Crippen LogP) is 0.951. The van der Waals surface area contributed by atoms with E-state index < -0.39 is 0 Å². The highest BCUT2D eigenvalue weighted by Gasteiger charge is 2.29. The molecule has 2 aromatic heterocycles. The molecule has 118 valence electrons. The normalized spacial score (nSPS) is 21.1. The van der Waals surface area contributed by atoms with Crippen LogP contribution in [0.4, 0.5) is 0 Å². The highest BCUT2D eigenvalue weighted by Crippen LogP contribution is 2.38. The number of fused-ring (bicyclic) bond motifs is 1. The lowest BCUT2D eigenvalue weighted by Gasteiger charge is -2.23. The minimum atomic E-state index is 0.431. The number of hydrogen-bond acceptors (Lipinski definition) is 5. The van der Waals surface area contributed by atoms with Gasteiger partial charge in [-0.25, -0.2) is 9.67 Å². The van der Waals surface area contributed by atoms with Crippen LogP contribution in [0.25, 0.3) is 0 Å². The molecule has 1 aliphatic carbocycles. The summed E-state index contributed by atoms with van der Waals surface area (Å²) in [6.45, 7) is 3.77. The van der Waals surface area contributed by atoms with Crippen molar-refractivity contribution in [2.45, 2.75) is 64.1 Å². The average Bonchev–Trinajstić information content (AvgIpc) is 3.18. The smallest absolute Gasteiger partial charge is 0.150 e. The van der Waals surface area contributed by atoms with E-state index in [2.05, 4.69) is 48.8 Å². The third kappa shape index (κ3) is 2.54. The second kappa shape index (κ2) is 5.46. The fourth-order valence-corrected chi connectivity index (χ4v) is 3.14. The van der Waals surface area contributed by atoms with Gasteiger partial charge in [0.2, 0.25) is 0 Å². The van der Waals surface area contributed by atoms with E-state index in [1.54, 1.807) is 0 Å². The Bertz CT molecular complexity index is 667. The molecule has 7 nitrogen and oxygen atoms in total. The first kappa shape index (κ1) is 13.9. The van der Waals surface area contributed by atoms with E-state index in [1.165, 1.54) is 12.8 Å². The molecule has 1 atom stereocenters. The zero-order valence-corrected chi connectivity index (χ0v) is 13.3. The lowest BCUT2D eigenvalue weighted by molar-refractivity contribution is 0.353. The standard InChI is InChI=1S/C15H23N7/c1-3-12-17-13-7-6-11(9-22(13)20-12)16-8-14-18-19-15(21(14)2)10-4-5-10/h10-11,16H,3-9H2,1-2H3/t11-/m0/s1. The maximum absolute atomic E-state index is 4.56. The number of hydrogen-bond donors (Lipinski definition) is 1. The fourth-order valence-electron chi connectivity index (χ4n) is 3.14. The van der Waals surface area contributed by atoms with Crippen LogP contribution in [0.2, 0.25) is 0 Å². The molecule has 0 aromatic carbocycles. The van der Waals surface area contributed by atoms with E-state index in [0.717, 1.165) is 55.6 Å². The van der Waals surface area contributed by atoms with Crippen molar-refractivity contribution in [3.63, 3.8) is 0 Å². The van der Waals surface area contributed by atoms with E-state index in [0.29, 0.717) is 12.0 Å². The largest absolute Gasteiger partial charge is 0.317 e. The molecule has 0 amide bonds. The second-order valence-electron chi connectivity index (χ2n) is 6.40. The van der Waals surface area contributed by atoms with Gasteiger partial charge in [0.15, 0.2) is 5.82 Å². The van der Waals surface area contributed by atoms with Crippen LogP contribution in [0.5, 0.6) is 0 Å². The highest BCUT2D eigenvalue weighted by molar-refractivity contribution is 5.08. The summed E-state index contributed by atoms with van der Waals surface area (Å²) < 4.78 is 4.22. The molecule has 0 saturated heterocycles. The Morgan fingerprint density at radius 3 is 2.86 bits per heavy atom. The van der Waals surface area contributed by atoms with Crippen molar-refractivity contribution in [2.24, 2.45) is 7.05 Å². The molecule has 0 bridgehead atoms. The van der Waals surface area contributed by atoms with E-state index in [1.807, 2.05) is 0 Å². The molecule has 0 radical (unpaired) electrons. The van der Waals surface area contributed by atoms with Crippen molar-refractivity contribution in [2.75, 3.05) is 0 Å². The summed E-state index contributed by atoms with van der Waals surface area (Å²) in [4.78, 5) is 4.56. The number of aryl methyl sites for hydroxylation is 2. The van der Waals surface area contributed by atoms with Gasteiger partial charge in [-0.1, -0.05) is 6.92 Å². The molecule has 1 saturated carbocycles. The summed E-state index contributed by atoms with van der Waals surface area (Å²) >= 11 is 0. The second-order valence-corrected chi connectivity index (χ2v) is 6.40. The minimum absolute atomic E-state index is 0.431. The van der Waals surface area contributed by atoms with Gasteiger partial charge in [0.25, 0.3) is 0 Å². The lowest BCUT2D eigenvalue weighted by Crippen LogP contribution is -2.38. The Balaban J connectivity index is 1.38. The monoisotopic (exact) mass is 301 g/mol. The van der Waals surface area contributed by atoms with Crippen LogP contribution in [-0.4, -0.2) is 35.6 Å². The van der Waals surface area contributed by atoms with Gasteiger partial charge >= 0.3 is 0 Å². The molecule has 0 unspecified atom stereocenters. The number of rotatable bonds is 5. The van der Waals surface area contributed by atoms with Crippen LogP contribution in [0, 0.1) is 0 Å². The van der Waals surface area contributed by atoms with Crippen molar-refractivity contribution in [1.29, 1.82) is 0 Å². The van der Waals surface area contributed by atoms with E-state index in [4.69, 9.17) is 0 Å². The van der Waals surface area contributed by atoms with Gasteiger partial charge < -0.3 is 9.88 Å². The van der Waals surface area contributed by atoms with Crippen LogP contribution < -0.4 is 5.32 Å². The van der Waals surface area contributed by atoms with Gasteiger partial charge in [-0.2, -0.15) is 5.10 Å². The molecule has 22 heavy (non-hydrogen) atoms. The molecule has 7 heteroatoms. The third-order valence-corrected chi connectivity index (χ3v) is 4.71. The summed E-state index contributed by atoms with van der Waals surface area (Å²) in [5, 5.41) is 16.8. The predicted molar refractivity (Wildman–Crippen MR) is 81.3 cm³/mol. The van der Waals surface area contributed by atoms with Gasteiger partial charge in [-0.15, -0.1) is 10.2 Å². The summed E-state index contributed by atoms with van der Waals surface area (Å²) in [6.07, 6.45) is 5.53. The highest BCUT2D eigenvalue weighted by atomic mass is 15.4. The molecule has 3 heterocycles. The maximum Gasteiger partial charge on any atom is 0.150 e. The number of nitrogens with zero attached hydrogens (tertiary/aromatic N) is 6. The van der Waals surface area contributed by atoms with Gasteiger partial charge in [0.1, 0.15) is 17.5 Å². The fraction of sp³-hybridized carbons (Fsp3) is 0.733. The van der Waals surface area contributed by atoms with Crippen molar-refractivity contribution in [1.82, 2.24) is 34.8 Å². The van der Waals surface area contributed by atoms with Gasteiger partial charge in [-0.3, -0.25) is 0 Å². The van der Waals surface area contributed by atoms with Crippen molar-refractivity contribution in [3.8, 4) is 0 Å². The molecule has 1 fully saturated rings. The summed E-state index contributed by atoms with van der Waals surface area (Å²) in [5.41, 5.74) is 0. The first-order chi connectivity index (χ1) is 10.7. The minimum Gasteiger partial charge on any atom is -0.317 e. The van der Waals surface area contributed by atoms with Crippen LogP contribution in [0.15, 0.2) is 0 Å². The summed E-state index contributed by atoms with van der Waals surface area (Å²) in [6, 6.07) is 0.431. The Morgan fingerprint density at radius 1 is 1.23 bits per heavy atom. The van der Waals surface area contributed by atoms with Crippen LogP contribution in [0.1, 0.15) is 55.4 Å². The Kier molecular flexibility index (Phi) is 3.44. The van der Waals surface area contributed by atoms with Crippen LogP contribution in [0.3, 0.4) is 0 Å². The summed E-state index contributed by atoms with van der Waals surface area (Å²) in [7, 11) is 2.08. The Morgan fingerprint density at radius 2 is 2.09 bits per heavy atom. The molecule has 2 aliphatic rings. The molecular formula is C15H23N7. The molecule has 4 rings (SSSR count). The Labute approximate surface area is 130 Å². The van der Waals surface area contributed by atoms with Crippen molar-refractivity contribution in [3.05, 3.63) is 23.3 Å². The lowest BCUT2D eigenvalue weighted by atomic mass is 10.1. The number of aromatic nitrogens is 6. The topological polar surface area (TPSA) is 73.5 Å². The molecule has 1 N–H and O–H groups in total. The number of nitrogens with one attached hydrogen (secondary N) is 1. The van der Waals surface area contributed by atoms with Gasteiger partial charge in [-0.05, 0) is 19.3 Å². The van der Waals surface area contributed by atoms with Gasteiger partial charge in [0, 0.05) is 31.8 Å². The first-order valence-corrected chi connectivity index (χ1v) is 8.28. The van der Waals surface area contributed by atoms with Crippen LogP contribution in [-0.2, 0) is 33.0 Å². The Hall–Kier alpha value is -1.76. The van der Waals surface area contributed by atoms with E-state index in [9.17, 15) is 0 Å². The van der Waals surface area contributed by atoms with Gasteiger partial charge in [0.05, 0.1) is 13.1 Å². The zero-order chi connectivity index (χ0) is 15.1. The third-order valence-electron chi connectivity index (χ3n) is 4.71. The SMILES string of the molecule is CCc1nc2n(n1)C[C@@H](NCc1nnc(C3CC3)n1C)CC2. The quantitative estimate of drug-likeness (QED) is 0.890. The van der Waals surface area contributed by atoms with Crippen molar-refractivity contribution >= 4 is 0 Å². The summed E-state index contributed by atoms with van der Waals surface area (Å²) in [5.74, 6) is 4.90. The maximum atomic E-state index is 4.56. The van der Waals surface area contributed by atoms with Crippen LogP contribution >= 0.6 is 0 Å². The average molecular weight is 301 g/mol. The molecule has 0 spiro atoms. The molecule has 2 aromatic rings. The molecule has 1 aliphatic heterocycles. The first-order valence-electron chi connectivity index (χ1n) is 8.28. The van der Waals surface area contributed by atoms with E-state index in [-0.39, 0.29) is 0 Å². The molecular weight excluding hydrogens is 278 g/mol.